The van der Waals surface area contributed by atoms with E-state index < -0.39 is 0 Å². The van der Waals surface area contributed by atoms with Gasteiger partial charge in [0.2, 0.25) is 0 Å². The SMILES string of the molecule is Cn1ccnc1CNc1ccc(C#N)c(Cl)c1. The third kappa shape index (κ3) is 2.58. The van der Waals surface area contributed by atoms with Crippen LogP contribution in [0.1, 0.15) is 11.4 Å². The average Bonchev–Trinajstić information content (AvgIpc) is 2.72. The third-order valence-corrected chi connectivity index (χ3v) is 2.77. The van der Waals surface area contributed by atoms with Crippen LogP contribution >= 0.6 is 11.6 Å². The molecular weight excluding hydrogens is 236 g/mol. The molecule has 0 spiro atoms. The number of nitrogens with one attached hydrogen (secondary N) is 1. The Morgan fingerprint density at radius 1 is 1.53 bits per heavy atom. The maximum Gasteiger partial charge on any atom is 0.127 e. The highest BCUT2D eigenvalue weighted by Crippen LogP contribution is 2.20. The summed E-state index contributed by atoms with van der Waals surface area (Å²) < 4.78 is 1.94. The lowest BCUT2D eigenvalue weighted by atomic mass is 10.2. The van der Waals surface area contributed by atoms with Gasteiger partial charge in [0.25, 0.3) is 0 Å². The number of nitrogens with zero attached hydrogens (tertiary/aromatic N) is 3. The Labute approximate surface area is 104 Å². The highest BCUT2D eigenvalue weighted by molar-refractivity contribution is 6.32. The van der Waals surface area contributed by atoms with Crippen LogP contribution in [0.3, 0.4) is 0 Å². The molecule has 1 aromatic heterocycles. The molecule has 1 N–H and O–H groups in total. The van der Waals surface area contributed by atoms with Gasteiger partial charge in [-0.05, 0) is 18.2 Å². The summed E-state index contributed by atoms with van der Waals surface area (Å²) in [6, 6.07) is 7.29. The zero-order valence-electron chi connectivity index (χ0n) is 9.31. The van der Waals surface area contributed by atoms with Gasteiger partial charge < -0.3 is 9.88 Å². The Bertz CT molecular complexity index is 568. The standard InChI is InChI=1S/C12H11ClN4/c1-17-5-4-15-12(17)8-16-10-3-2-9(7-14)11(13)6-10/h2-6,16H,8H2,1H3. The fourth-order valence-corrected chi connectivity index (χ4v) is 1.69. The number of anilines is 1. The van der Waals surface area contributed by atoms with Crippen molar-refractivity contribution < 1.29 is 0 Å². The van der Waals surface area contributed by atoms with E-state index in [-0.39, 0.29) is 0 Å². The summed E-state index contributed by atoms with van der Waals surface area (Å²) in [5, 5.41) is 12.4. The average molecular weight is 247 g/mol. The van der Waals surface area contributed by atoms with E-state index in [1.54, 1.807) is 18.3 Å². The van der Waals surface area contributed by atoms with Crippen LogP contribution in [0.15, 0.2) is 30.6 Å². The first-order valence-electron chi connectivity index (χ1n) is 5.10. The van der Waals surface area contributed by atoms with Gasteiger partial charge >= 0.3 is 0 Å². The van der Waals surface area contributed by atoms with Crippen LogP contribution in [-0.4, -0.2) is 9.55 Å². The van der Waals surface area contributed by atoms with E-state index in [0.717, 1.165) is 11.5 Å². The fourth-order valence-electron chi connectivity index (χ4n) is 1.46. The largest absolute Gasteiger partial charge is 0.378 e. The number of halogens is 1. The third-order valence-electron chi connectivity index (χ3n) is 2.46. The van der Waals surface area contributed by atoms with Crippen LogP contribution in [0.5, 0.6) is 0 Å². The van der Waals surface area contributed by atoms with Gasteiger partial charge in [-0.15, -0.1) is 0 Å². The number of benzene rings is 1. The molecule has 4 nitrogen and oxygen atoms in total. The smallest absolute Gasteiger partial charge is 0.127 e. The van der Waals surface area contributed by atoms with Gasteiger partial charge in [-0.2, -0.15) is 5.26 Å². The van der Waals surface area contributed by atoms with Crippen molar-refractivity contribution in [3.05, 3.63) is 47.0 Å². The molecule has 86 valence electrons. The Morgan fingerprint density at radius 3 is 2.94 bits per heavy atom. The lowest BCUT2D eigenvalue weighted by Gasteiger charge is -2.07. The zero-order valence-corrected chi connectivity index (χ0v) is 10.1. The highest BCUT2D eigenvalue weighted by Gasteiger charge is 2.02. The van der Waals surface area contributed by atoms with Crippen molar-refractivity contribution in [2.45, 2.75) is 6.54 Å². The number of aryl methyl sites for hydroxylation is 1. The molecule has 0 radical (unpaired) electrons. The molecule has 17 heavy (non-hydrogen) atoms. The van der Waals surface area contributed by atoms with E-state index >= 15 is 0 Å². The molecule has 2 aromatic rings. The molecule has 0 bridgehead atoms. The number of hydrogen-bond acceptors (Lipinski definition) is 3. The Morgan fingerprint density at radius 2 is 2.35 bits per heavy atom. The van der Waals surface area contributed by atoms with Crippen molar-refractivity contribution in [3.8, 4) is 6.07 Å². The summed E-state index contributed by atoms with van der Waals surface area (Å²) in [4.78, 5) is 4.20. The van der Waals surface area contributed by atoms with E-state index in [1.807, 2.05) is 29.9 Å². The predicted octanol–water partition coefficient (Wildman–Crippen LogP) is 2.56. The summed E-state index contributed by atoms with van der Waals surface area (Å²) in [6.45, 7) is 0.617. The Balaban J connectivity index is 2.08. The van der Waals surface area contributed by atoms with E-state index in [2.05, 4.69) is 10.3 Å². The van der Waals surface area contributed by atoms with E-state index in [9.17, 15) is 0 Å². The normalized spacial score (nSPS) is 9.94. The van der Waals surface area contributed by atoms with Gasteiger partial charge in [-0.1, -0.05) is 11.6 Å². The number of rotatable bonds is 3. The van der Waals surface area contributed by atoms with E-state index in [1.165, 1.54) is 0 Å². The minimum Gasteiger partial charge on any atom is -0.378 e. The minimum absolute atomic E-state index is 0.456. The maximum atomic E-state index is 8.76. The molecule has 0 amide bonds. The van der Waals surface area contributed by atoms with Gasteiger partial charge in [-0.25, -0.2) is 4.98 Å². The number of aromatic nitrogens is 2. The molecular formula is C12H11ClN4. The molecule has 0 aliphatic rings. The lowest BCUT2D eigenvalue weighted by Crippen LogP contribution is -2.05. The van der Waals surface area contributed by atoms with Crippen LogP contribution in [-0.2, 0) is 13.6 Å². The van der Waals surface area contributed by atoms with E-state index in [0.29, 0.717) is 17.1 Å². The summed E-state index contributed by atoms with van der Waals surface area (Å²) in [7, 11) is 1.94. The monoisotopic (exact) mass is 246 g/mol. The molecule has 0 fully saturated rings. The van der Waals surface area contributed by atoms with Gasteiger partial charge in [0.15, 0.2) is 0 Å². The van der Waals surface area contributed by atoms with Gasteiger partial charge in [-0.3, -0.25) is 0 Å². The van der Waals surface area contributed by atoms with Crippen molar-refractivity contribution in [2.24, 2.45) is 7.05 Å². The summed E-state index contributed by atoms with van der Waals surface area (Å²) in [6.07, 6.45) is 3.64. The van der Waals surface area contributed by atoms with Crippen molar-refractivity contribution in [1.82, 2.24) is 9.55 Å². The van der Waals surface area contributed by atoms with Crippen molar-refractivity contribution in [3.63, 3.8) is 0 Å². The first-order chi connectivity index (χ1) is 8.20. The number of hydrogen-bond donors (Lipinski definition) is 1. The molecule has 0 atom stereocenters. The Hall–Kier alpha value is -1.99. The Kier molecular flexibility index (Phi) is 3.31. The van der Waals surface area contributed by atoms with Crippen LogP contribution in [0.2, 0.25) is 5.02 Å². The van der Waals surface area contributed by atoms with E-state index in [4.69, 9.17) is 16.9 Å². The van der Waals surface area contributed by atoms with Gasteiger partial charge in [0.05, 0.1) is 17.1 Å². The van der Waals surface area contributed by atoms with Crippen molar-refractivity contribution in [1.29, 1.82) is 5.26 Å². The highest BCUT2D eigenvalue weighted by atomic mass is 35.5. The van der Waals surface area contributed by atoms with Crippen molar-refractivity contribution >= 4 is 17.3 Å². The molecule has 1 aromatic carbocycles. The second-order valence-corrected chi connectivity index (χ2v) is 4.02. The predicted molar refractivity (Wildman–Crippen MR) is 66.7 cm³/mol. The first-order valence-corrected chi connectivity index (χ1v) is 5.48. The number of nitriles is 1. The van der Waals surface area contributed by atoms with Crippen LogP contribution in [0.25, 0.3) is 0 Å². The zero-order chi connectivity index (χ0) is 12.3. The quantitative estimate of drug-likeness (QED) is 0.906. The molecule has 5 heteroatoms. The maximum absolute atomic E-state index is 8.76. The van der Waals surface area contributed by atoms with Crippen molar-refractivity contribution in [2.75, 3.05) is 5.32 Å². The summed E-state index contributed by atoms with van der Waals surface area (Å²) in [5.74, 6) is 0.936. The molecule has 2 rings (SSSR count). The minimum atomic E-state index is 0.456. The van der Waals surface area contributed by atoms with Gasteiger partial charge in [0, 0.05) is 25.1 Å². The lowest BCUT2D eigenvalue weighted by molar-refractivity contribution is 0.813. The van der Waals surface area contributed by atoms with Gasteiger partial charge in [0.1, 0.15) is 11.9 Å². The first kappa shape index (κ1) is 11.5. The second-order valence-electron chi connectivity index (χ2n) is 3.61. The molecule has 0 unspecified atom stereocenters. The summed E-state index contributed by atoms with van der Waals surface area (Å²) in [5.41, 5.74) is 1.35. The topological polar surface area (TPSA) is 53.6 Å². The van der Waals surface area contributed by atoms with Crippen LogP contribution < -0.4 is 5.32 Å². The summed E-state index contributed by atoms with van der Waals surface area (Å²) >= 11 is 5.94. The molecule has 0 saturated carbocycles. The molecule has 0 saturated heterocycles. The van der Waals surface area contributed by atoms with Crippen LogP contribution in [0, 0.1) is 11.3 Å². The van der Waals surface area contributed by atoms with Crippen LogP contribution in [0.4, 0.5) is 5.69 Å². The molecule has 0 aliphatic carbocycles. The number of imidazole rings is 1. The molecule has 0 aliphatic heterocycles. The fraction of sp³-hybridized carbons (Fsp3) is 0.167. The molecule has 1 heterocycles. The second kappa shape index (κ2) is 4.89.